The summed E-state index contributed by atoms with van der Waals surface area (Å²) in [6.07, 6.45) is 1.12. The van der Waals surface area contributed by atoms with Gasteiger partial charge in [0.1, 0.15) is 5.69 Å². The van der Waals surface area contributed by atoms with Crippen LogP contribution >= 0.6 is 0 Å². The van der Waals surface area contributed by atoms with Gasteiger partial charge in [-0.05, 0) is 48.1 Å². The molecular formula is C22H25N3O5. The second-order valence-electron chi connectivity index (χ2n) is 8.18. The lowest BCUT2D eigenvalue weighted by Gasteiger charge is -2.36. The Morgan fingerprint density at radius 2 is 1.87 bits per heavy atom. The quantitative estimate of drug-likeness (QED) is 0.595. The summed E-state index contributed by atoms with van der Waals surface area (Å²) in [4.78, 5) is 26.0. The number of amides is 1. The van der Waals surface area contributed by atoms with Gasteiger partial charge in [0.25, 0.3) is 11.6 Å². The highest BCUT2D eigenvalue weighted by atomic mass is 16.7. The topological polar surface area (TPSA) is 93.9 Å². The molecule has 4 rings (SSSR count). The number of piperidine rings is 1. The van der Waals surface area contributed by atoms with Gasteiger partial charge in [-0.2, -0.15) is 0 Å². The largest absolute Gasteiger partial charge is 0.454 e. The summed E-state index contributed by atoms with van der Waals surface area (Å²) < 4.78 is 10.6. The number of benzene rings is 2. The number of fused-ring (bicyclic) bond motifs is 1. The second kappa shape index (κ2) is 8.22. The van der Waals surface area contributed by atoms with Crippen molar-refractivity contribution >= 4 is 17.3 Å². The number of carbonyl (C=O) groups is 1. The van der Waals surface area contributed by atoms with Crippen LogP contribution in [0, 0.1) is 22.0 Å². The van der Waals surface area contributed by atoms with Crippen LogP contribution in [0.15, 0.2) is 36.4 Å². The van der Waals surface area contributed by atoms with Crippen molar-refractivity contribution in [3.63, 3.8) is 0 Å². The molecule has 0 radical (unpaired) electrons. The Kier molecular flexibility index (Phi) is 5.48. The summed E-state index contributed by atoms with van der Waals surface area (Å²) in [5, 5.41) is 14.5. The van der Waals surface area contributed by atoms with Crippen LogP contribution in [0.1, 0.15) is 36.2 Å². The molecule has 2 aromatic rings. The molecule has 2 aliphatic rings. The van der Waals surface area contributed by atoms with E-state index >= 15 is 0 Å². The molecule has 0 saturated carbocycles. The van der Waals surface area contributed by atoms with Gasteiger partial charge in [-0.15, -0.1) is 0 Å². The van der Waals surface area contributed by atoms with E-state index in [-0.39, 0.29) is 30.5 Å². The number of rotatable bonds is 5. The Labute approximate surface area is 174 Å². The third kappa shape index (κ3) is 4.17. The van der Waals surface area contributed by atoms with E-state index in [4.69, 9.17) is 9.47 Å². The van der Waals surface area contributed by atoms with Crippen LogP contribution in [-0.2, 0) is 6.54 Å². The molecule has 2 atom stereocenters. The van der Waals surface area contributed by atoms with E-state index in [1.165, 1.54) is 6.07 Å². The third-order valence-corrected chi connectivity index (χ3v) is 5.53. The van der Waals surface area contributed by atoms with Gasteiger partial charge in [-0.3, -0.25) is 14.9 Å². The van der Waals surface area contributed by atoms with E-state index in [1.54, 1.807) is 18.2 Å². The lowest BCUT2D eigenvalue weighted by Crippen LogP contribution is -2.39. The van der Waals surface area contributed by atoms with Crippen molar-refractivity contribution in [3.8, 4) is 11.5 Å². The normalized spacial score (nSPS) is 20.1. The highest BCUT2D eigenvalue weighted by Crippen LogP contribution is 2.34. The first-order chi connectivity index (χ1) is 14.4. The Hall–Kier alpha value is -3.29. The predicted octanol–water partition coefficient (Wildman–Crippen LogP) is 3.74. The van der Waals surface area contributed by atoms with Gasteiger partial charge in [-0.1, -0.05) is 19.9 Å². The van der Waals surface area contributed by atoms with Gasteiger partial charge in [0.05, 0.1) is 4.92 Å². The fraction of sp³-hybridized carbons (Fsp3) is 0.409. The van der Waals surface area contributed by atoms with Crippen molar-refractivity contribution in [2.24, 2.45) is 11.8 Å². The van der Waals surface area contributed by atoms with Crippen LogP contribution < -0.4 is 19.7 Å². The number of ether oxygens (including phenoxy) is 2. The van der Waals surface area contributed by atoms with Gasteiger partial charge in [-0.25, -0.2) is 0 Å². The summed E-state index contributed by atoms with van der Waals surface area (Å²) in [6, 6.07) is 10.2. The Morgan fingerprint density at radius 3 is 2.60 bits per heavy atom. The molecule has 1 fully saturated rings. The van der Waals surface area contributed by atoms with Crippen molar-refractivity contribution < 1.29 is 19.2 Å². The number of anilines is 1. The fourth-order valence-corrected chi connectivity index (χ4v) is 4.27. The first-order valence-corrected chi connectivity index (χ1v) is 10.1. The van der Waals surface area contributed by atoms with Crippen LogP contribution in [0.5, 0.6) is 11.5 Å². The van der Waals surface area contributed by atoms with Gasteiger partial charge in [0, 0.05) is 31.3 Å². The smallest absolute Gasteiger partial charge is 0.293 e. The van der Waals surface area contributed by atoms with E-state index < -0.39 is 4.92 Å². The lowest BCUT2D eigenvalue weighted by molar-refractivity contribution is -0.384. The number of nitro groups is 1. The molecular weight excluding hydrogens is 386 g/mol. The van der Waals surface area contributed by atoms with Crippen molar-refractivity contribution in [1.29, 1.82) is 0 Å². The Morgan fingerprint density at radius 1 is 1.13 bits per heavy atom. The monoisotopic (exact) mass is 411 g/mol. The molecule has 1 saturated heterocycles. The maximum atomic E-state index is 12.6. The summed E-state index contributed by atoms with van der Waals surface area (Å²) in [5.74, 6) is 1.91. The van der Waals surface area contributed by atoms with E-state index in [1.807, 2.05) is 12.1 Å². The molecule has 0 bridgehead atoms. The summed E-state index contributed by atoms with van der Waals surface area (Å²) in [6.45, 7) is 6.35. The molecule has 2 aliphatic heterocycles. The van der Waals surface area contributed by atoms with Crippen molar-refractivity contribution in [3.05, 3.63) is 57.6 Å². The van der Waals surface area contributed by atoms with E-state index in [0.29, 0.717) is 29.0 Å². The van der Waals surface area contributed by atoms with Crippen LogP contribution in [0.4, 0.5) is 11.4 Å². The Bertz CT molecular complexity index is 967. The highest BCUT2D eigenvalue weighted by Gasteiger charge is 2.28. The van der Waals surface area contributed by atoms with E-state index in [9.17, 15) is 14.9 Å². The zero-order chi connectivity index (χ0) is 21.3. The standard InChI is InChI=1S/C22H25N3O5/c1-14-7-15(2)12-24(11-14)18-5-4-17(9-19(18)25(27)28)22(26)23-10-16-3-6-20-21(8-16)30-13-29-20/h3-6,8-9,14-15H,7,10-13H2,1-2H3,(H,23,26)/t14-,15+. The molecule has 8 nitrogen and oxygen atoms in total. The molecule has 158 valence electrons. The highest BCUT2D eigenvalue weighted by molar-refractivity contribution is 5.95. The average Bonchev–Trinajstić information content (AvgIpc) is 3.18. The van der Waals surface area contributed by atoms with E-state index in [2.05, 4.69) is 24.1 Å². The number of hydrogen-bond donors (Lipinski definition) is 1. The van der Waals surface area contributed by atoms with Gasteiger partial charge >= 0.3 is 0 Å². The van der Waals surface area contributed by atoms with Crippen LogP contribution in [0.3, 0.4) is 0 Å². The molecule has 1 N–H and O–H groups in total. The fourth-order valence-electron chi connectivity index (χ4n) is 4.27. The molecule has 2 heterocycles. The van der Waals surface area contributed by atoms with Crippen molar-refractivity contribution in [2.75, 3.05) is 24.8 Å². The van der Waals surface area contributed by atoms with Crippen LogP contribution in [-0.4, -0.2) is 30.7 Å². The number of nitro benzene ring substituents is 1. The zero-order valence-electron chi connectivity index (χ0n) is 17.1. The molecule has 0 aliphatic carbocycles. The number of carbonyl (C=O) groups excluding carboxylic acids is 1. The minimum Gasteiger partial charge on any atom is -0.454 e. The summed E-state index contributed by atoms with van der Waals surface area (Å²) >= 11 is 0. The number of nitrogens with one attached hydrogen (secondary N) is 1. The molecule has 0 spiro atoms. The van der Waals surface area contributed by atoms with Gasteiger partial charge < -0.3 is 19.7 Å². The molecule has 1 amide bonds. The second-order valence-corrected chi connectivity index (χ2v) is 8.18. The van der Waals surface area contributed by atoms with E-state index in [0.717, 1.165) is 25.1 Å². The van der Waals surface area contributed by atoms with Crippen molar-refractivity contribution in [1.82, 2.24) is 5.32 Å². The van der Waals surface area contributed by atoms with Gasteiger partial charge in [0.15, 0.2) is 11.5 Å². The summed E-state index contributed by atoms with van der Waals surface area (Å²) in [7, 11) is 0. The minimum absolute atomic E-state index is 0.0352. The molecule has 30 heavy (non-hydrogen) atoms. The molecule has 2 aromatic carbocycles. The average molecular weight is 411 g/mol. The van der Waals surface area contributed by atoms with Crippen LogP contribution in [0.2, 0.25) is 0 Å². The molecule has 8 heteroatoms. The lowest BCUT2D eigenvalue weighted by atomic mass is 9.91. The Balaban J connectivity index is 1.49. The maximum Gasteiger partial charge on any atom is 0.293 e. The first-order valence-electron chi connectivity index (χ1n) is 10.1. The SMILES string of the molecule is C[C@@H]1C[C@H](C)CN(c2ccc(C(=O)NCc3ccc4c(c3)OCO4)cc2[N+](=O)[O-])C1. The minimum atomic E-state index is -0.409. The predicted molar refractivity (Wildman–Crippen MR) is 112 cm³/mol. The third-order valence-electron chi connectivity index (χ3n) is 5.53. The zero-order valence-corrected chi connectivity index (χ0v) is 17.1. The van der Waals surface area contributed by atoms with Crippen LogP contribution in [0.25, 0.3) is 0 Å². The molecule has 0 unspecified atom stereocenters. The first kappa shape index (κ1) is 20.0. The maximum absolute atomic E-state index is 12.6. The van der Waals surface area contributed by atoms with Gasteiger partial charge in [0.2, 0.25) is 6.79 Å². The number of nitrogens with zero attached hydrogens (tertiary/aromatic N) is 2. The van der Waals surface area contributed by atoms with Crippen molar-refractivity contribution in [2.45, 2.75) is 26.8 Å². The summed E-state index contributed by atoms with van der Waals surface area (Å²) in [5.41, 5.74) is 1.66. The number of hydrogen-bond acceptors (Lipinski definition) is 6. The molecule has 0 aromatic heterocycles.